The van der Waals surface area contributed by atoms with Crippen LogP contribution >= 0.6 is 11.6 Å². The Balaban J connectivity index is 1.54. The van der Waals surface area contributed by atoms with Crippen molar-refractivity contribution >= 4 is 38.9 Å². The number of aryl methyl sites for hydroxylation is 1. The number of amides is 1. The number of hydrogen-bond acceptors (Lipinski definition) is 5. The molecule has 1 heterocycles. The number of piperazine rings is 1. The van der Waals surface area contributed by atoms with E-state index in [-0.39, 0.29) is 10.8 Å². The highest BCUT2D eigenvalue weighted by molar-refractivity contribution is 7.89. The number of anilines is 2. The highest BCUT2D eigenvalue weighted by Crippen LogP contribution is 2.31. The number of ether oxygens (including phenoxy) is 1. The molecule has 7 nitrogen and oxygen atoms in total. The van der Waals surface area contributed by atoms with Crippen LogP contribution in [0.1, 0.15) is 22.8 Å². The van der Waals surface area contributed by atoms with Crippen LogP contribution in [-0.2, 0) is 10.0 Å². The van der Waals surface area contributed by atoms with E-state index in [4.69, 9.17) is 16.3 Å². The van der Waals surface area contributed by atoms with Crippen LogP contribution in [-0.4, -0.2) is 51.4 Å². The van der Waals surface area contributed by atoms with Gasteiger partial charge in [-0.05, 0) is 61.9 Å². The summed E-state index contributed by atoms with van der Waals surface area (Å²) in [7, 11) is -3.77. The molecule has 9 heteroatoms. The van der Waals surface area contributed by atoms with Gasteiger partial charge in [0.15, 0.2) is 0 Å². The number of benzene rings is 3. The highest BCUT2D eigenvalue weighted by atomic mass is 35.5. The van der Waals surface area contributed by atoms with Crippen molar-refractivity contribution in [3.8, 4) is 5.75 Å². The fourth-order valence-corrected chi connectivity index (χ4v) is 5.69. The Kier molecular flexibility index (Phi) is 7.64. The van der Waals surface area contributed by atoms with Crippen LogP contribution in [0.5, 0.6) is 5.75 Å². The van der Waals surface area contributed by atoms with Crippen molar-refractivity contribution in [3.63, 3.8) is 0 Å². The Bertz CT molecular complexity index is 1310. The molecule has 4 rings (SSSR count). The monoisotopic (exact) mass is 513 g/mol. The maximum atomic E-state index is 13.5. The molecule has 0 radical (unpaired) electrons. The molecule has 0 aromatic heterocycles. The SMILES string of the molecule is CCOc1ccc(S(=O)(=O)N2CCN(c3cc(Cl)ccc3C)CC2)cc1NC(=O)c1ccccc1. The largest absolute Gasteiger partial charge is 0.492 e. The summed E-state index contributed by atoms with van der Waals surface area (Å²) in [6.45, 7) is 6.00. The van der Waals surface area contributed by atoms with Crippen molar-refractivity contribution in [1.82, 2.24) is 4.31 Å². The van der Waals surface area contributed by atoms with E-state index in [1.807, 2.05) is 38.1 Å². The second kappa shape index (κ2) is 10.7. The summed E-state index contributed by atoms with van der Waals surface area (Å²) in [6.07, 6.45) is 0. The Labute approximate surface area is 211 Å². The molecule has 1 aliphatic heterocycles. The number of carbonyl (C=O) groups excluding carboxylic acids is 1. The van der Waals surface area contributed by atoms with Crippen molar-refractivity contribution < 1.29 is 17.9 Å². The molecule has 0 saturated carbocycles. The van der Waals surface area contributed by atoms with Crippen LogP contribution in [0.4, 0.5) is 11.4 Å². The molecular formula is C26H28ClN3O4S. The summed E-state index contributed by atoms with van der Waals surface area (Å²) >= 11 is 6.17. The van der Waals surface area contributed by atoms with Gasteiger partial charge in [-0.15, -0.1) is 0 Å². The lowest BCUT2D eigenvalue weighted by molar-refractivity contribution is 0.102. The lowest BCUT2D eigenvalue weighted by atomic mass is 10.1. The minimum atomic E-state index is -3.77. The summed E-state index contributed by atoms with van der Waals surface area (Å²) in [5.74, 6) is 0.0728. The molecule has 184 valence electrons. The summed E-state index contributed by atoms with van der Waals surface area (Å²) in [5.41, 5.74) is 2.89. The number of nitrogens with zero attached hydrogens (tertiary/aromatic N) is 2. The average molecular weight is 514 g/mol. The number of hydrogen-bond donors (Lipinski definition) is 1. The van der Waals surface area contributed by atoms with Gasteiger partial charge in [0.25, 0.3) is 5.91 Å². The molecule has 1 aliphatic rings. The van der Waals surface area contributed by atoms with Gasteiger partial charge in [-0.3, -0.25) is 4.79 Å². The molecule has 0 aliphatic carbocycles. The van der Waals surface area contributed by atoms with E-state index >= 15 is 0 Å². The van der Waals surface area contributed by atoms with Crippen LogP contribution in [0.3, 0.4) is 0 Å². The van der Waals surface area contributed by atoms with E-state index in [9.17, 15) is 13.2 Å². The number of sulfonamides is 1. The van der Waals surface area contributed by atoms with Crippen molar-refractivity contribution in [3.05, 3.63) is 82.9 Å². The van der Waals surface area contributed by atoms with Gasteiger partial charge in [-0.25, -0.2) is 8.42 Å². The summed E-state index contributed by atoms with van der Waals surface area (Å²) in [4.78, 5) is 15.0. The third-order valence-electron chi connectivity index (χ3n) is 5.92. The molecule has 1 amide bonds. The van der Waals surface area contributed by atoms with Crippen LogP contribution < -0.4 is 15.0 Å². The maximum absolute atomic E-state index is 13.5. The molecular weight excluding hydrogens is 486 g/mol. The van der Waals surface area contributed by atoms with Gasteiger partial charge in [-0.1, -0.05) is 35.9 Å². The van der Waals surface area contributed by atoms with Crippen molar-refractivity contribution in [2.45, 2.75) is 18.7 Å². The number of halogens is 1. The van der Waals surface area contributed by atoms with E-state index in [0.29, 0.717) is 54.8 Å². The Morgan fingerprint density at radius 3 is 2.40 bits per heavy atom. The first kappa shape index (κ1) is 25.0. The van der Waals surface area contributed by atoms with E-state index in [0.717, 1.165) is 11.3 Å². The molecule has 3 aromatic rings. The third-order valence-corrected chi connectivity index (χ3v) is 8.05. The van der Waals surface area contributed by atoms with Crippen molar-refractivity contribution in [1.29, 1.82) is 0 Å². The van der Waals surface area contributed by atoms with Gasteiger partial charge < -0.3 is 15.0 Å². The first-order chi connectivity index (χ1) is 16.8. The molecule has 1 N–H and O–H groups in total. The molecule has 1 saturated heterocycles. The van der Waals surface area contributed by atoms with Crippen LogP contribution in [0, 0.1) is 6.92 Å². The maximum Gasteiger partial charge on any atom is 0.255 e. The minimum Gasteiger partial charge on any atom is -0.492 e. The van der Waals surface area contributed by atoms with Gasteiger partial charge in [0.1, 0.15) is 5.75 Å². The standard InChI is InChI=1S/C26H28ClN3O4S/c1-3-34-25-12-11-22(18-23(25)28-26(31)20-7-5-4-6-8-20)35(32,33)30-15-13-29(14-16-30)24-17-21(27)10-9-19(24)2/h4-12,17-18H,3,13-16H2,1-2H3,(H,28,31). The third kappa shape index (κ3) is 5.61. The summed E-state index contributed by atoms with van der Waals surface area (Å²) in [5, 5.41) is 3.45. The predicted octanol–water partition coefficient (Wildman–Crippen LogP) is 4.81. The van der Waals surface area contributed by atoms with Crippen molar-refractivity contribution in [2.24, 2.45) is 0 Å². The van der Waals surface area contributed by atoms with Gasteiger partial charge in [0.2, 0.25) is 10.0 Å². The van der Waals surface area contributed by atoms with E-state index in [1.54, 1.807) is 30.3 Å². The zero-order valence-electron chi connectivity index (χ0n) is 19.7. The van der Waals surface area contributed by atoms with E-state index < -0.39 is 10.0 Å². The van der Waals surface area contributed by atoms with Crippen LogP contribution in [0.25, 0.3) is 0 Å². The fourth-order valence-electron chi connectivity index (χ4n) is 4.07. The predicted molar refractivity (Wildman–Crippen MR) is 139 cm³/mol. The van der Waals surface area contributed by atoms with E-state index in [1.165, 1.54) is 16.4 Å². The first-order valence-corrected chi connectivity index (χ1v) is 13.3. The lowest BCUT2D eigenvalue weighted by Gasteiger charge is -2.36. The van der Waals surface area contributed by atoms with Gasteiger partial charge in [0, 0.05) is 42.5 Å². The Morgan fingerprint density at radius 2 is 1.71 bits per heavy atom. The molecule has 35 heavy (non-hydrogen) atoms. The van der Waals surface area contributed by atoms with Gasteiger partial charge >= 0.3 is 0 Å². The minimum absolute atomic E-state index is 0.108. The van der Waals surface area contributed by atoms with E-state index in [2.05, 4.69) is 10.2 Å². The van der Waals surface area contributed by atoms with Crippen molar-refractivity contribution in [2.75, 3.05) is 43.0 Å². The second-order valence-corrected chi connectivity index (χ2v) is 10.6. The molecule has 0 spiro atoms. The number of rotatable bonds is 7. The van der Waals surface area contributed by atoms with Gasteiger partial charge in [0.05, 0.1) is 17.2 Å². The molecule has 0 bridgehead atoms. The molecule has 3 aromatic carbocycles. The van der Waals surface area contributed by atoms with Gasteiger partial charge in [-0.2, -0.15) is 4.31 Å². The topological polar surface area (TPSA) is 79.0 Å². The lowest BCUT2D eigenvalue weighted by Crippen LogP contribution is -2.48. The molecule has 0 atom stereocenters. The summed E-state index contributed by atoms with van der Waals surface area (Å²) in [6, 6.07) is 19.0. The normalized spacial score (nSPS) is 14.5. The first-order valence-electron chi connectivity index (χ1n) is 11.4. The average Bonchev–Trinajstić information content (AvgIpc) is 2.87. The zero-order chi connectivity index (χ0) is 25.0. The Hall–Kier alpha value is -3.07. The Morgan fingerprint density at radius 1 is 1.00 bits per heavy atom. The number of carbonyl (C=O) groups is 1. The smallest absolute Gasteiger partial charge is 0.255 e. The second-order valence-electron chi connectivity index (χ2n) is 8.23. The zero-order valence-corrected chi connectivity index (χ0v) is 21.3. The fraction of sp³-hybridized carbons (Fsp3) is 0.269. The number of nitrogens with one attached hydrogen (secondary N) is 1. The molecule has 1 fully saturated rings. The summed E-state index contributed by atoms with van der Waals surface area (Å²) < 4.78 is 34.0. The van der Waals surface area contributed by atoms with Crippen LogP contribution in [0.15, 0.2) is 71.6 Å². The highest BCUT2D eigenvalue weighted by Gasteiger charge is 2.30. The quantitative estimate of drug-likeness (QED) is 0.490. The molecule has 0 unspecified atom stereocenters. The van der Waals surface area contributed by atoms with Crippen LogP contribution in [0.2, 0.25) is 5.02 Å².